The average Bonchev–Trinajstić information content (AvgIpc) is 2.66. The van der Waals surface area contributed by atoms with Gasteiger partial charge in [0.1, 0.15) is 5.69 Å². The number of benzene rings is 1. The van der Waals surface area contributed by atoms with Gasteiger partial charge in [-0.15, -0.1) is 0 Å². The van der Waals surface area contributed by atoms with Crippen LogP contribution < -0.4 is 0 Å². The number of nitrogens with zero attached hydrogens (tertiary/aromatic N) is 3. The van der Waals surface area contributed by atoms with Gasteiger partial charge in [0, 0.05) is 45.0 Å². The molecule has 2 heterocycles. The largest absolute Gasteiger partial charge is 0.366 e. The van der Waals surface area contributed by atoms with Crippen molar-refractivity contribution in [3.8, 4) is 0 Å². The van der Waals surface area contributed by atoms with E-state index < -0.39 is 0 Å². The van der Waals surface area contributed by atoms with Crippen LogP contribution in [0.4, 0.5) is 0 Å². The van der Waals surface area contributed by atoms with Crippen LogP contribution in [0.1, 0.15) is 26.4 Å². The van der Waals surface area contributed by atoms with Gasteiger partial charge < -0.3 is 4.90 Å². The minimum Gasteiger partial charge on any atom is -0.366 e. The maximum atomic E-state index is 12.7. The molecule has 0 N–H and O–H groups in total. The Bertz CT molecular complexity index is 837. The van der Waals surface area contributed by atoms with Gasteiger partial charge >= 0.3 is 0 Å². The van der Waals surface area contributed by atoms with Crippen LogP contribution in [0.3, 0.4) is 0 Å². The molecular weight excluding hydrogens is 314 g/mol. The zero-order valence-electron chi connectivity index (χ0n) is 13.9. The summed E-state index contributed by atoms with van der Waals surface area (Å²) in [6.07, 6.45) is 3.00. The summed E-state index contributed by atoms with van der Waals surface area (Å²) >= 11 is 0. The van der Waals surface area contributed by atoms with Crippen molar-refractivity contribution in [3.63, 3.8) is 0 Å². The Morgan fingerprint density at radius 3 is 2.44 bits per heavy atom. The molecule has 5 nitrogen and oxygen atoms in total. The molecule has 0 amide bonds. The predicted octanol–water partition coefficient (Wildman–Crippen LogP) is 2.16. The van der Waals surface area contributed by atoms with E-state index in [9.17, 15) is 9.59 Å². The van der Waals surface area contributed by atoms with Gasteiger partial charge in [-0.3, -0.25) is 19.5 Å². The molecule has 4 rings (SSSR count). The standard InChI is InChI=1S/C20H19N3O2/c24-18-13-17(20(25)16-7-4-8-21-19(16)18)23-11-9-22(10-12-23)14-15-5-2-1-3-6-15/h1-8,13H,9-12,14H2. The minimum absolute atomic E-state index is 0.0980. The Balaban J connectivity index is 1.45. The normalized spacial score (nSPS) is 18.1. The second-order valence-electron chi connectivity index (χ2n) is 6.37. The summed E-state index contributed by atoms with van der Waals surface area (Å²) in [5.74, 6) is -0.281. The molecule has 25 heavy (non-hydrogen) atoms. The number of allylic oxidation sites excluding steroid dienone is 2. The molecule has 0 unspecified atom stereocenters. The smallest absolute Gasteiger partial charge is 0.211 e. The highest BCUT2D eigenvalue weighted by atomic mass is 16.1. The Morgan fingerprint density at radius 1 is 0.920 bits per heavy atom. The predicted molar refractivity (Wildman–Crippen MR) is 94.3 cm³/mol. The first-order chi connectivity index (χ1) is 12.2. The Kier molecular flexibility index (Phi) is 4.15. The molecular formula is C20H19N3O2. The third kappa shape index (κ3) is 3.10. The van der Waals surface area contributed by atoms with Crippen molar-refractivity contribution >= 4 is 11.6 Å². The van der Waals surface area contributed by atoms with Crippen molar-refractivity contribution in [2.45, 2.75) is 6.54 Å². The van der Waals surface area contributed by atoms with Crippen molar-refractivity contribution in [1.82, 2.24) is 14.8 Å². The van der Waals surface area contributed by atoms with Crippen molar-refractivity contribution < 1.29 is 9.59 Å². The second-order valence-corrected chi connectivity index (χ2v) is 6.37. The number of fused-ring (bicyclic) bond motifs is 1. The topological polar surface area (TPSA) is 53.5 Å². The molecule has 0 radical (unpaired) electrons. The summed E-state index contributed by atoms with van der Waals surface area (Å²) in [7, 11) is 0. The second kappa shape index (κ2) is 6.61. The molecule has 0 atom stereocenters. The highest BCUT2D eigenvalue weighted by molar-refractivity contribution is 6.23. The number of hydrogen-bond donors (Lipinski definition) is 0. The number of pyridine rings is 1. The number of Topliss-reactive ketones (excluding diaryl/α,β-unsaturated/α-hetero) is 1. The lowest BCUT2D eigenvalue weighted by molar-refractivity contribution is 0.0908. The SMILES string of the molecule is O=C1C(N2CCN(Cc3ccccc3)CC2)=CC(=O)c2ncccc21. The number of ketones is 2. The molecule has 1 fully saturated rings. The average molecular weight is 333 g/mol. The molecule has 1 aromatic carbocycles. The first kappa shape index (κ1) is 15.7. The molecule has 126 valence electrons. The Morgan fingerprint density at radius 2 is 1.68 bits per heavy atom. The van der Waals surface area contributed by atoms with Crippen LogP contribution in [-0.2, 0) is 6.54 Å². The fourth-order valence-corrected chi connectivity index (χ4v) is 3.40. The van der Waals surface area contributed by atoms with Crippen LogP contribution >= 0.6 is 0 Å². The molecule has 2 aromatic rings. The van der Waals surface area contributed by atoms with Gasteiger partial charge in [-0.25, -0.2) is 0 Å². The zero-order valence-corrected chi connectivity index (χ0v) is 13.9. The van der Waals surface area contributed by atoms with E-state index in [0.717, 1.165) is 32.7 Å². The summed E-state index contributed by atoms with van der Waals surface area (Å²) in [4.78, 5) is 33.4. The van der Waals surface area contributed by atoms with Crippen molar-refractivity contribution in [2.75, 3.05) is 26.2 Å². The fourth-order valence-electron chi connectivity index (χ4n) is 3.40. The van der Waals surface area contributed by atoms with E-state index in [-0.39, 0.29) is 17.3 Å². The van der Waals surface area contributed by atoms with Gasteiger partial charge in [0.15, 0.2) is 0 Å². The van der Waals surface area contributed by atoms with E-state index in [1.807, 2.05) is 23.1 Å². The van der Waals surface area contributed by atoms with Gasteiger partial charge in [0.05, 0.1) is 11.3 Å². The van der Waals surface area contributed by atoms with Gasteiger partial charge in [-0.05, 0) is 17.7 Å². The first-order valence-corrected chi connectivity index (χ1v) is 8.49. The van der Waals surface area contributed by atoms with Crippen molar-refractivity contribution in [2.24, 2.45) is 0 Å². The highest BCUT2D eigenvalue weighted by Crippen LogP contribution is 2.23. The van der Waals surface area contributed by atoms with Crippen LogP contribution in [0, 0.1) is 0 Å². The van der Waals surface area contributed by atoms with Crippen LogP contribution in [0.5, 0.6) is 0 Å². The maximum Gasteiger partial charge on any atom is 0.211 e. The first-order valence-electron chi connectivity index (χ1n) is 8.49. The molecule has 5 heteroatoms. The number of carbonyl (C=O) groups excluding carboxylic acids is 2. The number of piperazine rings is 1. The third-order valence-corrected chi connectivity index (χ3v) is 4.75. The lowest BCUT2D eigenvalue weighted by atomic mass is 9.96. The number of carbonyl (C=O) groups is 2. The van der Waals surface area contributed by atoms with Gasteiger partial charge in [-0.2, -0.15) is 0 Å². The summed E-state index contributed by atoms with van der Waals surface area (Å²) in [5, 5.41) is 0. The molecule has 0 saturated carbocycles. The lowest BCUT2D eigenvalue weighted by Crippen LogP contribution is -2.47. The summed E-state index contributed by atoms with van der Waals surface area (Å²) in [6.45, 7) is 4.13. The van der Waals surface area contributed by atoms with Crippen LogP contribution in [0.2, 0.25) is 0 Å². The van der Waals surface area contributed by atoms with E-state index >= 15 is 0 Å². The van der Waals surface area contributed by atoms with Crippen LogP contribution in [-0.4, -0.2) is 52.5 Å². The molecule has 0 bridgehead atoms. The van der Waals surface area contributed by atoms with Gasteiger partial charge in [0.2, 0.25) is 11.6 Å². The highest BCUT2D eigenvalue weighted by Gasteiger charge is 2.31. The van der Waals surface area contributed by atoms with E-state index in [1.54, 1.807) is 18.3 Å². The molecule has 1 saturated heterocycles. The van der Waals surface area contributed by atoms with Crippen LogP contribution in [0.15, 0.2) is 60.4 Å². The zero-order chi connectivity index (χ0) is 17.2. The van der Waals surface area contributed by atoms with E-state index in [4.69, 9.17) is 0 Å². The van der Waals surface area contributed by atoms with Crippen LogP contribution in [0.25, 0.3) is 0 Å². The van der Waals surface area contributed by atoms with Crippen molar-refractivity contribution in [3.05, 3.63) is 77.3 Å². The molecule has 2 aliphatic rings. The number of hydrogen-bond acceptors (Lipinski definition) is 5. The Hall–Kier alpha value is -2.79. The monoisotopic (exact) mass is 333 g/mol. The van der Waals surface area contributed by atoms with Crippen molar-refractivity contribution in [1.29, 1.82) is 0 Å². The number of rotatable bonds is 3. The van der Waals surface area contributed by atoms with Gasteiger partial charge in [0.25, 0.3) is 0 Å². The molecule has 1 aromatic heterocycles. The molecule has 0 spiro atoms. The van der Waals surface area contributed by atoms with E-state index in [2.05, 4.69) is 22.0 Å². The van der Waals surface area contributed by atoms with E-state index in [0.29, 0.717) is 11.3 Å². The quantitative estimate of drug-likeness (QED) is 0.862. The van der Waals surface area contributed by atoms with Gasteiger partial charge in [-0.1, -0.05) is 30.3 Å². The lowest BCUT2D eigenvalue weighted by Gasteiger charge is -2.37. The maximum absolute atomic E-state index is 12.7. The molecule has 1 aliphatic carbocycles. The Labute approximate surface area is 146 Å². The summed E-state index contributed by atoms with van der Waals surface area (Å²) in [5.41, 5.74) is 2.47. The van der Waals surface area contributed by atoms with E-state index in [1.165, 1.54) is 11.6 Å². The molecule has 1 aliphatic heterocycles. The summed E-state index contributed by atoms with van der Waals surface area (Å²) in [6, 6.07) is 13.8. The fraction of sp³-hybridized carbons (Fsp3) is 0.250. The number of aromatic nitrogens is 1. The third-order valence-electron chi connectivity index (χ3n) is 4.75. The summed E-state index contributed by atoms with van der Waals surface area (Å²) < 4.78 is 0. The minimum atomic E-state index is -0.183.